The molecule has 3 atom stereocenters. The lowest BCUT2D eigenvalue weighted by molar-refractivity contribution is 0.0996. The van der Waals surface area contributed by atoms with Gasteiger partial charge in [0.1, 0.15) is 0 Å². The fourth-order valence-electron chi connectivity index (χ4n) is 2.15. The molecule has 1 fully saturated rings. The summed E-state index contributed by atoms with van der Waals surface area (Å²) >= 11 is 0. The van der Waals surface area contributed by atoms with E-state index in [1.54, 1.807) is 7.11 Å². The predicted octanol–water partition coefficient (Wildman–Crippen LogP) is 1.30. The Labute approximate surface area is 86.8 Å². The van der Waals surface area contributed by atoms with Gasteiger partial charge in [-0.3, -0.25) is 0 Å². The minimum atomic E-state index is -0.170. The van der Waals surface area contributed by atoms with Gasteiger partial charge in [-0.05, 0) is 19.8 Å². The van der Waals surface area contributed by atoms with Gasteiger partial charge in [0.2, 0.25) is 0 Å². The molecule has 0 aromatic heterocycles. The summed E-state index contributed by atoms with van der Waals surface area (Å²) in [6, 6.07) is 0.598. The molecule has 84 valence electrons. The van der Waals surface area contributed by atoms with E-state index in [9.17, 15) is 5.11 Å². The van der Waals surface area contributed by atoms with E-state index >= 15 is 0 Å². The topological polar surface area (TPSA) is 41.5 Å². The Morgan fingerprint density at radius 2 is 2.07 bits per heavy atom. The molecule has 0 amide bonds. The predicted molar refractivity (Wildman–Crippen MR) is 57.4 cm³/mol. The molecule has 1 aliphatic rings. The summed E-state index contributed by atoms with van der Waals surface area (Å²) in [7, 11) is 1.71. The normalized spacial score (nSPS) is 31.1. The smallest absolute Gasteiger partial charge is 0.0693 e. The van der Waals surface area contributed by atoms with Gasteiger partial charge in [0, 0.05) is 19.2 Å². The third-order valence-corrected chi connectivity index (χ3v) is 2.89. The van der Waals surface area contributed by atoms with Gasteiger partial charge in [-0.15, -0.1) is 0 Å². The molecule has 3 unspecified atom stereocenters. The number of hydrogen-bond acceptors (Lipinski definition) is 3. The van der Waals surface area contributed by atoms with Crippen LogP contribution in [0.3, 0.4) is 0 Å². The summed E-state index contributed by atoms with van der Waals surface area (Å²) in [5, 5.41) is 13.3. The highest BCUT2D eigenvalue weighted by atomic mass is 16.5. The lowest BCUT2D eigenvalue weighted by Gasteiger charge is -2.25. The van der Waals surface area contributed by atoms with Crippen molar-refractivity contribution < 1.29 is 9.84 Å². The maximum absolute atomic E-state index is 9.86. The first kappa shape index (κ1) is 12.0. The highest BCUT2D eigenvalue weighted by Gasteiger charge is 2.22. The van der Waals surface area contributed by atoms with Crippen molar-refractivity contribution in [2.45, 2.75) is 57.2 Å². The maximum atomic E-state index is 9.86. The third kappa shape index (κ3) is 3.95. The van der Waals surface area contributed by atoms with Crippen molar-refractivity contribution in [2.24, 2.45) is 0 Å². The number of ether oxygens (including phenoxy) is 1. The molecule has 0 bridgehead atoms. The largest absolute Gasteiger partial charge is 0.392 e. The molecule has 14 heavy (non-hydrogen) atoms. The van der Waals surface area contributed by atoms with Gasteiger partial charge in [-0.1, -0.05) is 19.3 Å². The first-order valence-electron chi connectivity index (χ1n) is 5.67. The summed E-state index contributed by atoms with van der Waals surface area (Å²) in [5.41, 5.74) is 0. The minimum Gasteiger partial charge on any atom is -0.392 e. The van der Waals surface area contributed by atoms with Crippen molar-refractivity contribution in [2.75, 3.05) is 13.7 Å². The summed E-state index contributed by atoms with van der Waals surface area (Å²) in [6.45, 7) is 2.81. The summed E-state index contributed by atoms with van der Waals surface area (Å²) in [5.74, 6) is 0. The summed E-state index contributed by atoms with van der Waals surface area (Å²) in [4.78, 5) is 0. The Hall–Kier alpha value is -0.120. The van der Waals surface area contributed by atoms with E-state index in [-0.39, 0.29) is 12.1 Å². The van der Waals surface area contributed by atoms with Crippen LogP contribution in [0.1, 0.15) is 39.0 Å². The maximum Gasteiger partial charge on any atom is 0.0693 e. The minimum absolute atomic E-state index is 0.170. The molecular formula is C11H23NO2. The average Bonchev–Trinajstić information content (AvgIpc) is 2.33. The Morgan fingerprint density at radius 1 is 1.36 bits per heavy atom. The van der Waals surface area contributed by atoms with Crippen LogP contribution in [-0.4, -0.2) is 37.0 Å². The standard InChI is InChI=1S/C11H23NO2/c1-9(8-14-2)12-10-6-4-3-5-7-11(10)13/h9-13H,3-8H2,1-2H3. The van der Waals surface area contributed by atoms with Gasteiger partial charge >= 0.3 is 0 Å². The van der Waals surface area contributed by atoms with E-state index < -0.39 is 0 Å². The number of nitrogens with one attached hydrogen (secondary N) is 1. The van der Waals surface area contributed by atoms with Crippen molar-refractivity contribution in [3.8, 4) is 0 Å². The van der Waals surface area contributed by atoms with Crippen LogP contribution in [0.2, 0.25) is 0 Å². The van der Waals surface area contributed by atoms with Gasteiger partial charge in [0.15, 0.2) is 0 Å². The van der Waals surface area contributed by atoms with E-state index in [0.29, 0.717) is 12.6 Å². The molecule has 0 aromatic carbocycles. The van der Waals surface area contributed by atoms with E-state index in [1.165, 1.54) is 12.8 Å². The zero-order valence-corrected chi connectivity index (χ0v) is 9.33. The molecule has 1 rings (SSSR count). The van der Waals surface area contributed by atoms with Gasteiger partial charge in [0.25, 0.3) is 0 Å². The van der Waals surface area contributed by atoms with Crippen LogP contribution in [0, 0.1) is 0 Å². The highest BCUT2D eigenvalue weighted by molar-refractivity contribution is 4.80. The van der Waals surface area contributed by atoms with Crippen LogP contribution >= 0.6 is 0 Å². The summed E-state index contributed by atoms with van der Waals surface area (Å²) < 4.78 is 5.07. The monoisotopic (exact) mass is 201 g/mol. The van der Waals surface area contributed by atoms with E-state index in [1.807, 2.05) is 0 Å². The fraction of sp³-hybridized carbons (Fsp3) is 1.00. The molecule has 3 nitrogen and oxygen atoms in total. The van der Waals surface area contributed by atoms with Crippen LogP contribution in [0.5, 0.6) is 0 Å². The van der Waals surface area contributed by atoms with Crippen molar-refractivity contribution in [1.82, 2.24) is 5.32 Å². The van der Waals surface area contributed by atoms with Crippen molar-refractivity contribution in [3.05, 3.63) is 0 Å². The van der Waals surface area contributed by atoms with Crippen LogP contribution in [0.15, 0.2) is 0 Å². The number of aliphatic hydroxyl groups excluding tert-OH is 1. The van der Waals surface area contributed by atoms with Gasteiger partial charge in [-0.2, -0.15) is 0 Å². The van der Waals surface area contributed by atoms with Gasteiger partial charge in [0.05, 0.1) is 12.7 Å². The van der Waals surface area contributed by atoms with Gasteiger partial charge < -0.3 is 15.2 Å². The molecule has 0 aliphatic heterocycles. The molecule has 1 saturated carbocycles. The third-order valence-electron chi connectivity index (χ3n) is 2.89. The van der Waals surface area contributed by atoms with Crippen molar-refractivity contribution in [3.63, 3.8) is 0 Å². The van der Waals surface area contributed by atoms with Gasteiger partial charge in [-0.25, -0.2) is 0 Å². The molecule has 0 radical (unpaired) electrons. The SMILES string of the molecule is COCC(C)NC1CCCCCC1O. The molecule has 0 heterocycles. The molecule has 0 aromatic rings. The van der Waals surface area contributed by atoms with E-state index in [0.717, 1.165) is 19.3 Å². The van der Waals surface area contributed by atoms with Crippen LogP contribution in [0.25, 0.3) is 0 Å². The van der Waals surface area contributed by atoms with Crippen LogP contribution in [0.4, 0.5) is 0 Å². The van der Waals surface area contributed by atoms with E-state index in [2.05, 4.69) is 12.2 Å². The molecular weight excluding hydrogens is 178 g/mol. The second-order valence-corrected chi connectivity index (χ2v) is 4.33. The first-order chi connectivity index (χ1) is 6.74. The van der Waals surface area contributed by atoms with Crippen LogP contribution < -0.4 is 5.32 Å². The number of methoxy groups -OCH3 is 1. The van der Waals surface area contributed by atoms with E-state index in [4.69, 9.17) is 4.74 Å². The summed E-state index contributed by atoms with van der Waals surface area (Å²) in [6.07, 6.45) is 5.52. The fourth-order valence-corrected chi connectivity index (χ4v) is 2.15. The molecule has 0 spiro atoms. The zero-order valence-electron chi connectivity index (χ0n) is 9.33. The average molecular weight is 201 g/mol. The number of hydrogen-bond donors (Lipinski definition) is 2. The molecule has 3 heteroatoms. The zero-order chi connectivity index (χ0) is 10.4. The Bertz CT molecular complexity index is 152. The number of rotatable bonds is 4. The lowest BCUT2D eigenvalue weighted by Crippen LogP contribution is -2.45. The second-order valence-electron chi connectivity index (χ2n) is 4.33. The Balaban J connectivity index is 2.32. The van der Waals surface area contributed by atoms with Crippen molar-refractivity contribution >= 4 is 0 Å². The second kappa shape index (κ2) is 6.38. The Kier molecular flexibility index (Phi) is 5.45. The molecule has 0 saturated heterocycles. The first-order valence-corrected chi connectivity index (χ1v) is 5.67. The van der Waals surface area contributed by atoms with Crippen molar-refractivity contribution in [1.29, 1.82) is 0 Å². The lowest BCUT2D eigenvalue weighted by atomic mass is 10.1. The van der Waals surface area contributed by atoms with Crippen LogP contribution in [-0.2, 0) is 4.74 Å². The quantitative estimate of drug-likeness (QED) is 0.674. The highest BCUT2D eigenvalue weighted by Crippen LogP contribution is 2.18. The molecule has 2 N–H and O–H groups in total. The number of aliphatic hydroxyl groups is 1. The Morgan fingerprint density at radius 3 is 2.79 bits per heavy atom. The molecule has 1 aliphatic carbocycles.